The highest BCUT2D eigenvalue weighted by Crippen LogP contribution is 2.27. The molecule has 0 spiro atoms. The maximum absolute atomic E-state index is 13.7. The van der Waals surface area contributed by atoms with Crippen molar-refractivity contribution in [1.82, 2.24) is 0 Å². The number of ketones is 1. The van der Waals surface area contributed by atoms with Crippen LogP contribution < -0.4 is 4.74 Å². The lowest BCUT2D eigenvalue weighted by atomic mass is 9.99. The second kappa shape index (κ2) is 4.88. The average Bonchev–Trinajstić information content (AvgIpc) is 2.25. The summed E-state index contributed by atoms with van der Waals surface area (Å²) in [5, 5.41) is 0. The lowest BCUT2D eigenvalue weighted by molar-refractivity contribution is 0.0945. The molecule has 0 heterocycles. The predicted octanol–water partition coefficient (Wildman–Crippen LogP) is 1.98. The van der Waals surface area contributed by atoms with Crippen molar-refractivity contribution in [2.75, 3.05) is 13.4 Å². The summed E-state index contributed by atoms with van der Waals surface area (Å²) < 4.78 is 53.2. The minimum Gasteiger partial charge on any atom is -0.497 e. The van der Waals surface area contributed by atoms with Crippen molar-refractivity contribution >= 4 is 15.6 Å². The van der Waals surface area contributed by atoms with Gasteiger partial charge in [-0.25, -0.2) is 17.2 Å². The summed E-state index contributed by atoms with van der Waals surface area (Å²) in [5.41, 5.74) is -0.878. The number of Topliss-reactive ketones (excluding diaryl/α,β-unsaturated/α-hetero) is 1. The van der Waals surface area contributed by atoms with Gasteiger partial charge in [0.15, 0.2) is 15.6 Å². The van der Waals surface area contributed by atoms with Crippen LogP contribution in [0.4, 0.5) is 8.78 Å². The Morgan fingerprint density at radius 3 is 1.95 bits per heavy atom. The van der Waals surface area contributed by atoms with E-state index >= 15 is 0 Å². The van der Waals surface area contributed by atoms with Gasteiger partial charge in [0, 0.05) is 18.4 Å². The number of hydrogen-bond acceptors (Lipinski definition) is 4. The van der Waals surface area contributed by atoms with Crippen LogP contribution in [0.5, 0.6) is 5.75 Å². The molecule has 0 aliphatic carbocycles. The molecule has 0 aliphatic heterocycles. The van der Waals surface area contributed by atoms with Crippen LogP contribution in [0.25, 0.3) is 0 Å². The van der Waals surface area contributed by atoms with E-state index in [9.17, 15) is 22.0 Å². The van der Waals surface area contributed by atoms with E-state index in [1.54, 1.807) is 0 Å². The second-order valence-corrected chi connectivity index (χ2v) is 7.14. The highest BCUT2D eigenvalue weighted by Gasteiger charge is 2.41. The van der Waals surface area contributed by atoms with Gasteiger partial charge in [0.2, 0.25) is 0 Å². The third-order valence-electron chi connectivity index (χ3n) is 2.95. The number of carbonyl (C=O) groups excluding carboxylic acids is 1. The number of sulfone groups is 1. The first-order valence-electron chi connectivity index (χ1n) is 5.29. The zero-order valence-electron chi connectivity index (χ0n) is 11.0. The number of ether oxygens (including phenoxy) is 1. The molecule has 1 rings (SSSR count). The standard InChI is InChI=1S/C12H14F2O4S/c1-12(2,19(4,16)17)11(15)10-8(13)5-7(18-3)6-9(10)14/h5-6H,1-4H3. The van der Waals surface area contributed by atoms with Gasteiger partial charge in [-0.1, -0.05) is 0 Å². The molecule has 0 unspecified atom stereocenters. The molecule has 0 aromatic heterocycles. The second-order valence-electron chi connectivity index (χ2n) is 4.58. The largest absolute Gasteiger partial charge is 0.497 e. The van der Waals surface area contributed by atoms with Gasteiger partial charge >= 0.3 is 0 Å². The van der Waals surface area contributed by atoms with Crippen molar-refractivity contribution < 1.29 is 26.7 Å². The highest BCUT2D eigenvalue weighted by atomic mass is 32.2. The summed E-state index contributed by atoms with van der Waals surface area (Å²) in [6.45, 7) is 2.21. The van der Waals surface area contributed by atoms with E-state index < -0.39 is 37.6 Å². The van der Waals surface area contributed by atoms with E-state index in [-0.39, 0.29) is 5.75 Å². The van der Waals surface area contributed by atoms with Gasteiger partial charge < -0.3 is 4.74 Å². The van der Waals surface area contributed by atoms with E-state index in [2.05, 4.69) is 4.74 Å². The van der Waals surface area contributed by atoms with Crippen molar-refractivity contribution in [2.24, 2.45) is 0 Å². The molecule has 0 atom stereocenters. The number of halogens is 2. The number of hydrogen-bond donors (Lipinski definition) is 0. The van der Waals surface area contributed by atoms with Crippen LogP contribution in [0.15, 0.2) is 12.1 Å². The maximum atomic E-state index is 13.7. The summed E-state index contributed by atoms with van der Waals surface area (Å²) in [4.78, 5) is 12.1. The molecule has 0 bridgehead atoms. The van der Waals surface area contributed by atoms with Gasteiger partial charge in [0.25, 0.3) is 0 Å². The lowest BCUT2D eigenvalue weighted by Crippen LogP contribution is -2.40. The number of methoxy groups -OCH3 is 1. The van der Waals surface area contributed by atoms with Crippen molar-refractivity contribution in [2.45, 2.75) is 18.6 Å². The first kappa shape index (κ1) is 15.6. The number of carbonyl (C=O) groups is 1. The lowest BCUT2D eigenvalue weighted by Gasteiger charge is -2.21. The van der Waals surface area contributed by atoms with Crippen LogP contribution in [-0.4, -0.2) is 32.3 Å². The van der Waals surface area contributed by atoms with Crippen molar-refractivity contribution in [3.8, 4) is 5.75 Å². The van der Waals surface area contributed by atoms with E-state index in [1.165, 1.54) is 7.11 Å². The van der Waals surface area contributed by atoms with Crippen LogP contribution in [0.3, 0.4) is 0 Å². The summed E-state index contributed by atoms with van der Waals surface area (Å²) in [7, 11) is -2.59. The minimum absolute atomic E-state index is 0.0938. The Balaban J connectivity index is 3.45. The highest BCUT2D eigenvalue weighted by molar-refractivity contribution is 7.92. The van der Waals surface area contributed by atoms with Gasteiger partial charge in [0.05, 0.1) is 12.7 Å². The molecule has 0 fully saturated rings. The fourth-order valence-electron chi connectivity index (χ4n) is 1.35. The molecule has 19 heavy (non-hydrogen) atoms. The molecule has 4 nitrogen and oxygen atoms in total. The van der Waals surface area contributed by atoms with E-state index in [0.29, 0.717) is 0 Å². The van der Waals surface area contributed by atoms with E-state index in [4.69, 9.17) is 0 Å². The topological polar surface area (TPSA) is 60.4 Å². The molecule has 0 saturated heterocycles. The Kier molecular flexibility index (Phi) is 4.00. The Labute approximate surface area is 110 Å². The first-order valence-corrected chi connectivity index (χ1v) is 7.19. The Bertz CT molecular complexity index is 598. The van der Waals surface area contributed by atoms with Gasteiger partial charge in [-0.2, -0.15) is 0 Å². The Morgan fingerprint density at radius 1 is 1.21 bits per heavy atom. The third kappa shape index (κ3) is 2.75. The maximum Gasteiger partial charge on any atom is 0.189 e. The van der Waals surface area contributed by atoms with Crippen LogP contribution in [0.1, 0.15) is 24.2 Å². The average molecular weight is 292 g/mol. The zero-order chi connectivity index (χ0) is 15.0. The Morgan fingerprint density at radius 2 is 1.63 bits per heavy atom. The number of rotatable bonds is 4. The molecule has 0 amide bonds. The molecule has 0 aliphatic rings. The van der Waals surface area contributed by atoms with Crippen molar-refractivity contribution in [3.63, 3.8) is 0 Å². The van der Waals surface area contributed by atoms with E-state index in [1.807, 2.05) is 0 Å². The monoisotopic (exact) mass is 292 g/mol. The van der Waals surface area contributed by atoms with Crippen LogP contribution in [-0.2, 0) is 9.84 Å². The third-order valence-corrected chi connectivity index (χ3v) is 4.99. The molecule has 106 valence electrons. The summed E-state index contributed by atoms with van der Waals surface area (Å²) >= 11 is 0. The fraction of sp³-hybridized carbons (Fsp3) is 0.417. The number of benzene rings is 1. The summed E-state index contributed by atoms with van der Waals surface area (Å²) in [6.07, 6.45) is 0.838. The van der Waals surface area contributed by atoms with Gasteiger partial charge in [-0.3, -0.25) is 4.79 Å². The molecular formula is C12H14F2O4S. The molecule has 1 aromatic carbocycles. The minimum atomic E-state index is -3.81. The zero-order valence-corrected chi connectivity index (χ0v) is 11.8. The predicted molar refractivity (Wildman–Crippen MR) is 66.2 cm³/mol. The van der Waals surface area contributed by atoms with Crippen molar-refractivity contribution in [3.05, 3.63) is 29.3 Å². The van der Waals surface area contributed by atoms with Crippen molar-refractivity contribution in [1.29, 1.82) is 0 Å². The molecule has 0 N–H and O–H groups in total. The molecule has 7 heteroatoms. The SMILES string of the molecule is COc1cc(F)c(C(=O)C(C)(C)S(C)(=O)=O)c(F)c1. The summed E-state index contributed by atoms with van der Waals surface area (Å²) in [6, 6.07) is 1.66. The molecule has 0 radical (unpaired) electrons. The quantitative estimate of drug-likeness (QED) is 0.796. The molecule has 1 aromatic rings. The van der Waals surface area contributed by atoms with Gasteiger partial charge in [0.1, 0.15) is 22.1 Å². The smallest absolute Gasteiger partial charge is 0.189 e. The normalized spacial score (nSPS) is 12.3. The first-order chi connectivity index (χ1) is 8.52. The molecule has 0 saturated carbocycles. The van der Waals surface area contributed by atoms with Crippen LogP contribution in [0.2, 0.25) is 0 Å². The van der Waals surface area contributed by atoms with E-state index in [0.717, 1.165) is 32.2 Å². The fourth-order valence-corrected chi connectivity index (χ4v) is 1.79. The molecular weight excluding hydrogens is 278 g/mol. The van der Waals surface area contributed by atoms with Gasteiger partial charge in [-0.15, -0.1) is 0 Å². The van der Waals surface area contributed by atoms with Gasteiger partial charge in [-0.05, 0) is 13.8 Å². The Hall–Kier alpha value is -1.50. The van der Waals surface area contributed by atoms with Crippen LogP contribution in [0, 0.1) is 11.6 Å². The summed E-state index contributed by atoms with van der Waals surface area (Å²) in [5.74, 6) is -3.53. The van der Waals surface area contributed by atoms with Crippen LogP contribution >= 0.6 is 0 Å².